The summed E-state index contributed by atoms with van der Waals surface area (Å²) in [6, 6.07) is 9.68. The van der Waals surface area contributed by atoms with E-state index in [0.717, 1.165) is 5.75 Å². The van der Waals surface area contributed by atoms with Crippen LogP contribution in [0.15, 0.2) is 42.8 Å². The summed E-state index contributed by atoms with van der Waals surface area (Å²) in [7, 11) is 3.90. The average molecular weight is 163 g/mol. The van der Waals surface area contributed by atoms with Crippen molar-refractivity contribution in [3.8, 4) is 5.75 Å². The zero-order chi connectivity index (χ0) is 8.81. The molecular weight excluding hydrogens is 150 g/mol. The van der Waals surface area contributed by atoms with Gasteiger partial charge in [0.2, 0.25) is 0 Å². The molecule has 0 aromatic heterocycles. The molecule has 0 aliphatic rings. The Balaban J connectivity index is 2.43. The normalized spacial score (nSPS) is 10.2. The minimum atomic E-state index is 0.857. The Morgan fingerprint density at radius 2 is 1.83 bits per heavy atom. The Morgan fingerprint density at radius 1 is 1.17 bits per heavy atom. The third kappa shape index (κ3) is 3.10. The molecule has 0 saturated heterocycles. The van der Waals surface area contributed by atoms with Gasteiger partial charge in [-0.15, -0.1) is 0 Å². The molecule has 0 aliphatic carbocycles. The van der Waals surface area contributed by atoms with Gasteiger partial charge in [0.05, 0.1) is 0 Å². The maximum atomic E-state index is 5.29. The quantitative estimate of drug-likeness (QED) is 0.633. The van der Waals surface area contributed by atoms with Crippen LogP contribution in [-0.4, -0.2) is 19.0 Å². The van der Waals surface area contributed by atoms with Crippen LogP contribution < -0.4 is 4.74 Å². The van der Waals surface area contributed by atoms with Gasteiger partial charge < -0.3 is 9.64 Å². The minimum Gasteiger partial charge on any atom is -0.463 e. The molecule has 1 rings (SSSR count). The van der Waals surface area contributed by atoms with Gasteiger partial charge in [-0.05, 0) is 12.1 Å². The number of para-hydroxylation sites is 1. The number of hydrogen-bond acceptors (Lipinski definition) is 2. The molecule has 0 aliphatic heterocycles. The van der Waals surface area contributed by atoms with E-state index < -0.39 is 0 Å². The van der Waals surface area contributed by atoms with Crippen molar-refractivity contribution in [2.24, 2.45) is 0 Å². The van der Waals surface area contributed by atoms with Gasteiger partial charge in [0, 0.05) is 20.3 Å². The Hall–Kier alpha value is -1.44. The van der Waals surface area contributed by atoms with Crippen molar-refractivity contribution in [2.75, 3.05) is 14.1 Å². The van der Waals surface area contributed by atoms with Crippen LogP contribution in [0.3, 0.4) is 0 Å². The van der Waals surface area contributed by atoms with Crippen LogP contribution in [-0.2, 0) is 0 Å². The zero-order valence-corrected chi connectivity index (χ0v) is 7.40. The molecule has 1 aromatic rings. The summed E-state index contributed by atoms with van der Waals surface area (Å²) >= 11 is 0. The summed E-state index contributed by atoms with van der Waals surface area (Å²) in [4.78, 5) is 1.92. The summed E-state index contributed by atoms with van der Waals surface area (Å²) in [5.74, 6) is 0.857. The summed E-state index contributed by atoms with van der Waals surface area (Å²) in [6.07, 6.45) is 3.52. The second-order valence-electron chi connectivity index (χ2n) is 2.68. The first-order valence-corrected chi connectivity index (χ1v) is 3.84. The lowest BCUT2D eigenvalue weighted by Gasteiger charge is -2.03. The van der Waals surface area contributed by atoms with E-state index in [4.69, 9.17) is 4.74 Å². The van der Waals surface area contributed by atoms with E-state index in [9.17, 15) is 0 Å². The maximum Gasteiger partial charge on any atom is 0.126 e. The molecule has 12 heavy (non-hydrogen) atoms. The van der Waals surface area contributed by atoms with Crippen molar-refractivity contribution in [3.63, 3.8) is 0 Å². The molecule has 2 heteroatoms. The van der Waals surface area contributed by atoms with Gasteiger partial charge in [-0.2, -0.15) is 0 Å². The van der Waals surface area contributed by atoms with Crippen molar-refractivity contribution >= 4 is 0 Å². The predicted molar refractivity (Wildman–Crippen MR) is 49.9 cm³/mol. The number of benzene rings is 1. The first kappa shape index (κ1) is 8.65. The molecule has 0 N–H and O–H groups in total. The van der Waals surface area contributed by atoms with Crippen LogP contribution in [0.5, 0.6) is 5.75 Å². The van der Waals surface area contributed by atoms with Crippen molar-refractivity contribution in [1.29, 1.82) is 0 Å². The standard InChI is InChI=1S/C10H13NO/c1-11(2)8-9-12-10-6-4-3-5-7-10/h3-9H,1-2H3/b9-8+. The lowest BCUT2D eigenvalue weighted by molar-refractivity contribution is 0.454. The fraction of sp³-hybridized carbons (Fsp3) is 0.200. The predicted octanol–water partition coefficient (Wildman–Crippen LogP) is 2.10. The molecule has 0 saturated carbocycles. The lowest BCUT2D eigenvalue weighted by Crippen LogP contribution is -2.00. The van der Waals surface area contributed by atoms with Gasteiger partial charge in [-0.25, -0.2) is 0 Å². The van der Waals surface area contributed by atoms with E-state index in [0.29, 0.717) is 0 Å². The summed E-state index contributed by atoms with van der Waals surface area (Å²) in [5.41, 5.74) is 0. The third-order valence-electron chi connectivity index (χ3n) is 1.31. The molecule has 0 radical (unpaired) electrons. The van der Waals surface area contributed by atoms with Crippen molar-refractivity contribution in [1.82, 2.24) is 4.90 Å². The SMILES string of the molecule is CN(C)/C=C/Oc1ccccc1. The molecule has 64 valence electrons. The van der Waals surface area contributed by atoms with Gasteiger partial charge in [0.1, 0.15) is 12.0 Å². The van der Waals surface area contributed by atoms with Gasteiger partial charge in [0.15, 0.2) is 0 Å². The van der Waals surface area contributed by atoms with Crippen LogP contribution in [0.2, 0.25) is 0 Å². The molecular formula is C10H13NO. The highest BCUT2D eigenvalue weighted by Gasteiger charge is 1.85. The van der Waals surface area contributed by atoms with Crippen LogP contribution in [0.4, 0.5) is 0 Å². The number of rotatable bonds is 3. The molecule has 0 heterocycles. The molecule has 2 nitrogen and oxygen atoms in total. The fourth-order valence-electron chi connectivity index (χ4n) is 0.730. The summed E-state index contributed by atoms with van der Waals surface area (Å²) in [5, 5.41) is 0. The highest BCUT2D eigenvalue weighted by atomic mass is 16.5. The Labute approximate surface area is 73.1 Å². The summed E-state index contributed by atoms with van der Waals surface area (Å²) < 4.78 is 5.29. The first-order chi connectivity index (χ1) is 5.79. The van der Waals surface area contributed by atoms with Gasteiger partial charge in [-0.3, -0.25) is 0 Å². The molecule has 0 amide bonds. The lowest BCUT2D eigenvalue weighted by atomic mass is 10.3. The number of hydrogen-bond donors (Lipinski definition) is 0. The third-order valence-corrected chi connectivity index (χ3v) is 1.31. The number of nitrogens with zero attached hydrogens (tertiary/aromatic N) is 1. The van der Waals surface area contributed by atoms with Gasteiger partial charge in [0.25, 0.3) is 0 Å². The highest BCUT2D eigenvalue weighted by molar-refractivity contribution is 5.21. The highest BCUT2D eigenvalue weighted by Crippen LogP contribution is 2.07. The average Bonchev–Trinajstić information content (AvgIpc) is 2.05. The molecule has 0 spiro atoms. The zero-order valence-electron chi connectivity index (χ0n) is 7.40. The van der Waals surface area contributed by atoms with E-state index in [1.807, 2.05) is 55.5 Å². The van der Waals surface area contributed by atoms with E-state index in [-0.39, 0.29) is 0 Å². The topological polar surface area (TPSA) is 12.5 Å². The van der Waals surface area contributed by atoms with Crippen molar-refractivity contribution < 1.29 is 4.74 Å². The smallest absolute Gasteiger partial charge is 0.126 e. The second-order valence-corrected chi connectivity index (χ2v) is 2.68. The van der Waals surface area contributed by atoms with Crippen LogP contribution in [0, 0.1) is 0 Å². The number of ether oxygens (including phenoxy) is 1. The van der Waals surface area contributed by atoms with Gasteiger partial charge in [-0.1, -0.05) is 18.2 Å². The Morgan fingerprint density at radius 3 is 2.42 bits per heavy atom. The van der Waals surface area contributed by atoms with E-state index in [1.54, 1.807) is 6.26 Å². The van der Waals surface area contributed by atoms with Crippen LogP contribution in [0.25, 0.3) is 0 Å². The van der Waals surface area contributed by atoms with Crippen LogP contribution in [0.1, 0.15) is 0 Å². The van der Waals surface area contributed by atoms with Gasteiger partial charge >= 0.3 is 0 Å². The maximum absolute atomic E-state index is 5.29. The molecule has 0 unspecified atom stereocenters. The minimum absolute atomic E-state index is 0.857. The summed E-state index contributed by atoms with van der Waals surface area (Å²) in [6.45, 7) is 0. The fourth-order valence-corrected chi connectivity index (χ4v) is 0.730. The van der Waals surface area contributed by atoms with E-state index in [1.165, 1.54) is 0 Å². The van der Waals surface area contributed by atoms with Crippen molar-refractivity contribution in [2.45, 2.75) is 0 Å². The molecule has 0 bridgehead atoms. The second kappa shape index (κ2) is 4.44. The Bertz CT molecular complexity index is 241. The molecule has 0 fully saturated rings. The Kier molecular flexibility index (Phi) is 3.20. The largest absolute Gasteiger partial charge is 0.463 e. The molecule has 0 atom stereocenters. The monoisotopic (exact) mass is 163 g/mol. The van der Waals surface area contributed by atoms with Crippen molar-refractivity contribution in [3.05, 3.63) is 42.8 Å². The van der Waals surface area contributed by atoms with E-state index in [2.05, 4.69) is 0 Å². The van der Waals surface area contributed by atoms with Crippen LogP contribution >= 0.6 is 0 Å². The molecule has 1 aromatic carbocycles. The first-order valence-electron chi connectivity index (χ1n) is 3.84. The van der Waals surface area contributed by atoms with E-state index >= 15 is 0 Å².